The van der Waals surface area contributed by atoms with E-state index in [2.05, 4.69) is 37.7 Å². The fourth-order valence-corrected chi connectivity index (χ4v) is 3.24. The van der Waals surface area contributed by atoms with Gasteiger partial charge in [-0.05, 0) is 39.4 Å². The van der Waals surface area contributed by atoms with Crippen LogP contribution in [-0.4, -0.2) is 55.6 Å². The van der Waals surface area contributed by atoms with Crippen LogP contribution in [0.3, 0.4) is 0 Å². The number of nitrogens with zero attached hydrogens (tertiary/aromatic N) is 2. The molecular formula is C14H31N3. The molecule has 0 bridgehead atoms. The molecule has 2 atom stereocenters. The summed E-state index contributed by atoms with van der Waals surface area (Å²) >= 11 is 0. The van der Waals surface area contributed by atoms with Gasteiger partial charge in [0.1, 0.15) is 0 Å². The van der Waals surface area contributed by atoms with Gasteiger partial charge in [0.25, 0.3) is 0 Å². The highest BCUT2D eigenvalue weighted by Gasteiger charge is 2.27. The maximum atomic E-state index is 5.98. The second-order valence-electron chi connectivity index (χ2n) is 5.60. The average Bonchev–Trinajstić information content (AvgIpc) is 2.71. The van der Waals surface area contributed by atoms with Crippen molar-refractivity contribution in [1.82, 2.24) is 9.80 Å². The predicted octanol–water partition coefficient (Wildman–Crippen LogP) is 1.78. The molecule has 1 saturated heterocycles. The Morgan fingerprint density at radius 1 is 1.35 bits per heavy atom. The summed E-state index contributed by atoms with van der Waals surface area (Å²) in [5, 5.41) is 0. The molecule has 0 saturated carbocycles. The molecular weight excluding hydrogens is 210 g/mol. The zero-order valence-corrected chi connectivity index (χ0v) is 12.2. The van der Waals surface area contributed by atoms with Crippen molar-refractivity contribution in [3.8, 4) is 0 Å². The summed E-state index contributed by atoms with van der Waals surface area (Å²) < 4.78 is 0. The van der Waals surface area contributed by atoms with Crippen molar-refractivity contribution >= 4 is 0 Å². The lowest BCUT2D eigenvalue weighted by atomic mass is 9.93. The minimum absolute atomic E-state index is 0.555. The molecule has 3 nitrogen and oxygen atoms in total. The van der Waals surface area contributed by atoms with Gasteiger partial charge in [0.05, 0.1) is 0 Å². The Labute approximate surface area is 107 Å². The molecule has 1 aliphatic heterocycles. The van der Waals surface area contributed by atoms with E-state index in [9.17, 15) is 0 Å². The van der Waals surface area contributed by atoms with E-state index in [0.717, 1.165) is 18.5 Å². The van der Waals surface area contributed by atoms with E-state index in [1.165, 1.54) is 38.8 Å². The molecule has 0 radical (unpaired) electrons. The molecule has 0 aliphatic carbocycles. The van der Waals surface area contributed by atoms with Crippen LogP contribution < -0.4 is 5.73 Å². The zero-order valence-electron chi connectivity index (χ0n) is 12.2. The zero-order chi connectivity index (χ0) is 12.8. The molecule has 0 aromatic carbocycles. The van der Waals surface area contributed by atoms with Gasteiger partial charge in [0.15, 0.2) is 0 Å². The van der Waals surface area contributed by atoms with Crippen molar-refractivity contribution in [3.63, 3.8) is 0 Å². The number of hydrogen-bond acceptors (Lipinski definition) is 3. The van der Waals surface area contributed by atoms with Gasteiger partial charge in [-0.15, -0.1) is 0 Å². The van der Waals surface area contributed by atoms with Crippen LogP contribution in [0.1, 0.15) is 39.5 Å². The number of rotatable bonds is 7. The molecule has 3 heteroatoms. The Kier molecular flexibility index (Phi) is 6.45. The number of likely N-dealkylation sites (N-methyl/N-ethyl adjacent to an activating group) is 2. The fraction of sp³-hybridized carbons (Fsp3) is 1.00. The highest BCUT2D eigenvalue weighted by molar-refractivity contribution is 4.84. The van der Waals surface area contributed by atoms with E-state index >= 15 is 0 Å². The Morgan fingerprint density at radius 3 is 2.41 bits per heavy atom. The average molecular weight is 241 g/mol. The van der Waals surface area contributed by atoms with Gasteiger partial charge in [-0.3, -0.25) is 0 Å². The summed E-state index contributed by atoms with van der Waals surface area (Å²) in [6.07, 6.45) is 5.18. The summed E-state index contributed by atoms with van der Waals surface area (Å²) in [6, 6.07) is 1.29. The summed E-state index contributed by atoms with van der Waals surface area (Å²) in [6.45, 7) is 7.80. The second-order valence-corrected chi connectivity index (χ2v) is 5.60. The van der Waals surface area contributed by atoms with Gasteiger partial charge in [0.2, 0.25) is 0 Å². The van der Waals surface area contributed by atoms with E-state index in [1.807, 2.05) is 0 Å². The Bertz CT molecular complexity index is 204. The van der Waals surface area contributed by atoms with E-state index in [-0.39, 0.29) is 0 Å². The van der Waals surface area contributed by atoms with Crippen LogP contribution in [0.2, 0.25) is 0 Å². The molecule has 0 amide bonds. The number of likely N-dealkylation sites (tertiary alicyclic amines) is 1. The van der Waals surface area contributed by atoms with Crippen molar-refractivity contribution in [2.45, 2.75) is 51.6 Å². The SMILES string of the molecule is CCC(CC)C(CN)N(C)CC1CCCN1C. The highest BCUT2D eigenvalue weighted by Crippen LogP contribution is 2.20. The summed E-state index contributed by atoms with van der Waals surface area (Å²) in [5.74, 6) is 0.747. The molecule has 0 aromatic rings. The largest absolute Gasteiger partial charge is 0.329 e. The third-order valence-electron chi connectivity index (χ3n) is 4.57. The van der Waals surface area contributed by atoms with Crippen LogP contribution in [0.25, 0.3) is 0 Å². The first-order chi connectivity index (χ1) is 8.13. The van der Waals surface area contributed by atoms with Crippen molar-refractivity contribution < 1.29 is 0 Å². The molecule has 102 valence electrons. The molecule has 0 spiro atoms. The van der Waals surface area contributed by atoms with E-state index in [4.69, 9.17) is 5.73 Å². The molecule has 1 fully saturated rings. The van der Waals surface area contributed by atoms with E-state index < -0.39 is 0 Å². The highest BCUT2D eigenvalue weighted by atomic mass is 15.2. The van der Waals surface area contributed by atoms with Gasteiger partial charge in [-0.25, -0.2) is 0 Å². The first-order valence-electron chi connectivity index (χ1n) is 7.24. The van der Waals surface area contributed by atoms with Crippen LogP contribution in [0.15, 0.2) is 0 Å². The Hall–Kier alpha value is -0.120. The topological polar surface area (TPSA) is 32.5 Å². The van der Waals surface area contributed by atoms with Crippen LogP contribution in [0.4, 0.5) is 0 Å². The lowest BCUT2D eigenvalue weighted by Crippen LogP contribution is -2.48. The maximum absolute atomic E-state index is 5.98. The van der Waals surface area contributed by atoms with Crippen molar-refractivity contribution in [1.29, 1.82) is 0 Å². The second kappa shape index (κ2) is 7.34. The smallest absolute Gasteiger partial charge is 0.0244 e. The lowest BCUT2D eigenvalue weighted by Gasteiger charge is -2.36. The maximum Gasteiger partial charge on any atom is 0.0244 e. The van der Waals surface area contributed by atoms with Crippen LogP contribution in [0, 0.1) is 5.92 Å². The molecule has 1 aliphatic rings. The third-order valence-corrected chi connectivity index (χ3v) is 4.57. The van der Waals surface area contributed by atoms with E-state index in [1.54, 1.807) is 0 Å². The van der Waals surface area contributed by atoms with Crippen LogP contribution in [0.5, 0.6) is 0 Å². The van der Waals surface area contributed by atoms with Crippen molar-refractivity contribution in [3.05, 3.63) is 0 Å². The minimum atomic E-state index is 0.555. The first-order valence-corrected chi connectivity index (χ1v) is 7.24. The van der Waals surface area contributed by atoms with E-state index in [0.29, 0.717) is 6.04 Å². The van der Waals surface area contributed by atoms with Gasteiger partial charge in [-0.1, -0.05) is 26.7 Å². The fourth-order valence-electron chi connectivity index (χ4n) is 3.24. The summed E-state index contributed by atoms with van der Waals surface area (Å²) in [7, 11) is 4.50. The van der Waals surface area contributed by atoms with Crippen molar-refractivity contribution in [2.24, 2.45) is 11.7 Å². The molecule has 0 aromatic heterocycles. The molecule has 17 heavy (non-hydrogen) atoms. The monoisotopic (exact) mass is 241 g/mol. The van der Waals surface area contributed by atoms with Crippen LogP contribution in [-0.2, 0) is 0 Å². The Morgan fingerprint density at radius 2 is 2.00 bits per heavy atom. The van der Waals surface area contributed by atoms with Crippen molar-refractivity contribution in [2.75, 3.05) is 33.7 Å². The molecule has 2 N–H and O–H groups in total. The van der Waals surface area contributed by atoms with Gasteiger partial charge in [-0.2, -0.15) is 0 Å². The predicted molar refractivity (Wildman–Crippen MR) is 75.2 cm³/mol. The lowest BCUT2D eigenvalue weighted by molar-refractivity contribution is 0.135. The Balaban J connectivity index is 2.50. The number of nitrogens with two attached hydrogens (primary N) is 1. The molecule has 2 unspecified atom stereocenters. The van der Waals surface area contributed by atoms with Gasteiger partial charge >= 0.3 is 0 Å². The minimum Gasteiger partial charge on any atom is -0.329 e. The third kappa shape index (κ3) is 3.94. The number of hydrogen-bond donors (Lipinski definition) is 1. The first kappa shape index (κ1) is 14.9. The van der Waals surface area contributed by atoms with Gasteiger partial charge < -0.3 is 15.5 Å². The molecule has 1 rings (SSSR count). The summed E-state index contributed by atoms with van der Waals surface area (Å²) in [4.78, 5) is 5.00. The van der Waals surface area contributed by atoms with Crippen LogP contribution >= 0.6 is 0 Å². The standard InChI is InChI=1S/C14H31N3/c1-5-12(6-2)14(10-15)17(4)11-13-8-7-9-16(13)3/h12-14H,5-11,15H2,1-4H3. The molecule has 1 heterocycles. The normalized spacial score (nSPS) is 23.8. The quantitative estimate of drug-likeness (QED) is 0.737. The summed E-state index contributed by atoms with van der Waals surface area (Å²) in [5.41, 5.74) is 5.98. The van der Waals surface area contributed by atoms with Gasteiger partial charge in [0, 0.05) is 25.2 Å².